The molecule has 0 amide bonds. The first-order valence-corrected chi connectivity index (χ1v) is 6.87. The van der Waals surface area contributed by atoms with Crippen LogP contribution in [0.15, 0.2) is 0 Å². The molecule has 1 unspecified atom stereocenters. The third kappa shape index (κ3) is 3.09. The Balaban J connectivity index is 2.55. The number of hydrogen-bond donors (Lipinski definition) is 1. The molecule has 1 aliphatic heterocycles. The largest absolute Gasteiger partial charge is 0.383 e. The van der Waals surface area contributed by atoms with Crippen LogP contribution in [-0.2, 0) is 13.8 Å². The summed E-state index contributed by atoms with van der Waals surface area (Å²) in [6.45, 7) is 3.58. The van der Waals surface area contributed by atoms with Gasteiger partial charge in [-0.05, 0) is 12.8 Å². The summed E-state index contributed by atoms with van der Waals surface area (Å²) in [4.78, 5) is 0. The van der Waals surface area contributed by atoms with Crippen molar-refractivity contribution in [1.82, 2.24) is 5.09 Å². The van der Waals surface area contributed by atoms with Crippen molar-refractivity contribution in [1.29, 1.82) is 0 Å². The predicted octanol–water partition coefficient (Wildman–Crippen LogP) is 1.11. The molecule has 2 radical (unpaired) electrons. The van der Waals surface area contributed by atoms with Gasteiger partial charge < -0.3 is 9.26 Å². The van der Waals surface area contributed by atoms with E-state index in [-0.39, 0.29) is 18.1 Å². The molecule has 6 heteroatoms. The van der Waals surface area contributed by atoms with Crippen LogP contribution < -0.4 is 5.09 Å². The number of hydrogen-bond acceptors (Lipinski definition) is 3. The lowest BCUT2D eigenvalue weighted by Gasteiger charge is -2.21. The number of rotatable bonds is 4. The Labute approximate surface area is 86.6 Å². The van der Waals surface area contributed by atoms with E-state index < -0.39 is 7.52 Å². The van der Waals surface area contributed by atoms with E-state index in [4.69, 9.17) is 17.1 Å². The molecule has 0 spiro atoms. The zero-order chi connectivity index (χ0) is 10.8. The molecule has 4 atom stereocenters. The molecule has 80 valence electrons. The van der Waals surface area contributed by atoms with Gasteiger partial charge in [-0.3, -0.25) is 4.57 Å². The molecule has 0 saturated carbocycles. The monoisotopic (exact) mass is 217 g/mol. The van der Waals surface area contributed by atoms with Crippen molar-refractivity contribution in [2.24, 2.45) is 0 Å². The highest BCUT2D eigenvalue weighted by Crippen LogP contribution is 2.39. The van der Waals surface area contributed by atoms with Gasteiger partial charge in [0.15, 0.2) is 0 Å². The first-order chi connectivity index (χ1) is 6.48. The second-order valence-electron chi connectivity index (χ2n) is 3.62. The van der Waals surface area contributed by atoms with Crippen LogP contribution in [0.25, 0.3) is 0 Å². The van der Waals surface area contributed by atoms with Crippen molar-refractivity contribution < 1.29 is 13.8 Å². The van der Waals surface area contributed by atoms with Gasteiger partial charge in [-0.2, -0.15) is 0 Å². The van der Waals surface area contributed by atoms with Crippen LogP contribution in [0.5, 0.6) is 0 Å². The Morgan fingerprint density at radius 3 is 2.86 bits per heavy atom. The van der Waals surface area contributed by atoms with Crippen molar-refractivity contribution in [3.05, 3.63) is 0 Å². The molecule has 0 aromatic rings. The van der Waals surface area contributed by atoms with E-state index >= 15 is 0 Å². The Morgan fingerprint density at radius 2 is 2.36 bits per heavy atom. The number of nitrogens with one attached hydrogen (secondary N) is 1. The molecule has 1 fully saturated rings. The predicted molar refractivity (Wildman–Crippen MR) is 56.8 cm³/mol. The molecule has 0 aromatic carbocycles. The van der Waals surface area contributed by atoms with Gasteiger partial charge in [0.2, 0.25) is 0 Å². The second kappa shape index (κ2) is 4.80. The topological polar surface area (TPSA) is 47.6 Å². The first kappa shape index (κ1) is 12.2. The van der Waals surface area contributed by atoms with Gasteiger partial charge in [0.25, 0.3) is 7.52 Å². The van der Waals surface area contributed by atoms with Gasteiger partial charge in [0.05, 0.1) is 6.10 Å². The molecule has 0 bridgehead atoms. The van der Waals surface area contributed by atoms with E-state index in [2.05, 4.69) is 5.09 Å². The molecule has 0 aromatic heterocycles. The number of ether oxygens (including phenoxy) is 1. The van der Waals surface area contributed by atoms with Crippen LogP contribution in [0, 0.1) is 0 Å². The van der Waals surface area contributed by atoms with Crippen LogP contribution in [0.4, 0.5) is 0 Å². The van der Waals surface area contributed by atoms with Crippen LogP contribution in [0.1, 0.15) is 19.8 Å². The van der Waals surface area contributed by atoms with Crippen molar-refractivity contribution in [2.75, 3.05) is 13.8 Å². The second-order valence-corrected chi connectivity index (χ2v) is 5.94. The minimum absolute atomic E-state index is 0.0331. The van der Waals surface area contributed by atoms with E-state index in [1.54, 1.807) is 6.66 Å². The summed E-state index contributed by atoms with van der Waals surface area (Å²) in [6, 6.07) is -0.222. The maximum atomic E-state index is 11.7. The zero-order valence-electron chi connectivity index (χ0n) is 8.90. The molecule has 1 rings (SSSR count). The summed E-state index contributed by atoms with van der Waals surface area (Å²) >= 11 is 0. The Morgan fingerprint density at radius 1 is 1.71 bits per heavy atom. The molecule has 0 aliphatic carbocycles. The standard InChI is InChI=1S/C8H17BNO3P/c1-4-7-6(5-8(9)13-7)10-14(3,11)12-2/h6-8H,4-5H2,1-3H3,(H,10,11)/t6-,7-,8-,14?/m1/s1. The summed E-state index contributed by atoms with van der Waals surface area (Å²) in [6.07, 6.45) is 1.57. The highest BCUT2D eigenvalue weighted by molar-refractivity contribution is 7.56. The van der Waals surface area contributed by atoms with Gasteiger partial charge in [-0.15, -0.1) is 0 Å². The maximum absolute atomic E-state index is 11.7. The van der Waals surface area contributed by atoms with Crippen molar-refractivity contribution in [2.45, 2.75) is 37.9 Å². The first-order valence-electron chi connectivity index (χ1n) is 4.80. The third-order valence-electron chi connectivity index (χ3n) is 2.44. The molecular formula is C8H17BNO3P. The molecule has 14 heavy (non-hydrogen) atoms. The quantitative estimate of drug-likeness (QED) is 0.565. The van der Waals surface area contributed by atoms with Crippen LogP contribution in [0.3, 0.4) is 0 Å². The normalized spacial score (nSPS) is 36.9. The fourth-order valence-electron chi connectivity index (χ4n) is 1.65. The Kier molecular flexibility index (Phi) is 4.20. The van der Waals surface area contributed by atoms with E-state index in [1.165, 1.54) is 7.11 Å². The molecule has 1 N–H and O–H groups in total. The van der Waals surface area contributed by atoms with Crippen molar-refractivity contribution >= 4 is 15.4 Å². The average molecular weight is 217 g/mol. The fraction of sp³-hybridized carbons (Fsp3) is 1.00. The maximum Gasteiger partial charge on any atom is 0.266 e. The van der Waals surface area contributed by atoms with E-state index in [0.29, 0.717) is 6.42 Å². The molecule has 1 saturated heterocycles. The average Bonchev–Trinajstić information content (AvgIpc) is 2.45. The molecule has 1 aliphatic rings. The van der Waals surface area contributed by atoms with Gasteiger partial charge in [0, 0.05) is 25.8 Å². The van der Waals surface area contributed by atoms with Crippen LogP contribution in [0.2, 0.25) is 0 Å². The molecule has 1 heterocycles. The Bertz CT molecular complexity index is 239. The fourth-order valence-corrected chi connectivity index (χ4v) is 2.63. The molecule has 4 nitrogen and oxygen atoms in total. The van der Waals surface area contributed by atoms with Gasteiger partial charge in [0.1, 0.15) is 7.85 Å². The lowest BCUT2D eigenvalue weighted by Crippen LogP contribution is -2.34. The summed E-state index contributed by atoms with van der Waals surface area (Å²) in [5.74, 6) is 0. The van der Waals surface area contributed by atoms with Crippen LogP contribution >= 0.6 is 7.52 Å². The van der Waals surface area contributed by atoms with Crippen molar-refractivity contribution in [3.8, 4) is 0 Å². The Hall–Kier alpha value is 0.175. The van der Waals surface area contributed by atoms with E-state index in [0.717, 1.165) is 6.42 Å². The highest BCUT2D eigenvalue weighted by Gasteiger charge is 2.34. The zero-order valence-corrected chi connectivity index (χ0v) is 9.79. The van der Waals surface area contributed by atoms with E-state index in [9.17, 15) is 4.57 Å². The summed E-state index contributed by atoms with van der Waals surface area (Å²) in [5.41, 5.74) is 0. The SMILES string of the molecule is [B][C@H]1C[C@@H](NP(C)(=O)OC)[C@@H](CC)O1. The smallest absolute Gasteiger partial charge is 0.266 e. The lowest BCUT2D eigenvalue weighted by molar-refractivity contribution is 0.0778. The summed E-state index contributed by atoms with van der Waals surface area (Å²) < 4.78 is 22.0. The summed E-state index contributed by atoms with van der Waals surface area (Å²) in [7, 11) is 4.41. The minimum Gasteiger partial charge on any atom is -0.383 e. The van der Waals surface area contributed by atoms with Crippen molar-refractivity contribution in [3.63, 3.8) is 0 Å². The van der Waals surface area contributed by atoms with Gasteiger partial charge in [-0.1, -0.05) is 6.92 Å². The lowest BCUT2D eigenvalue weighted by atomic mass is 9.95. The van der Waals surface area contributed by atoms with E-state index in [1.807, 2.05) is 6.92 Å². The van der Waals surface area contributed by atoms with Gasteiger partial charge >= 0.3 is 0 Å². The van der Waals surface area contributed by atoms with Crippen LogP contribution in [-0.4, -0.2) is 39.8 Å². The third-order valence-corrected chi connectivity index (χ3v) is 3.93. The highest BCUT2D eigenvalue weighted by atomic mass is 31.2. The summed E-state index contributed by atoms with van der Waals surface area (Å²) in [5, 5.41) is 2.96. The minimum atomic E-state index is -2.69. The van der Waals surface area contributed by atoms with Gasteiger partial charge in [-0.25, -0.2) is 5.09 Å². The molecular weight excluding hydrogens is 200 g/mol.